The van der Waals surface area contributed by atoms with Gasteiger partial charge < -0.3 is 0 Å². The number of rotatable bonds is 1. The monoisotopic (exact) mass is 289 g/mol. The van der Waals surface area contributed by atoms with Crippen LogP contribution in [-0.4, -0.2) is 4.98 Å². The zero-order chi connectivity index (χ0) is 15.9. The lowest BCUT2D eigenvalue weighted by molar-refractivity contribution is 0.591. The molecule has 0 spiro atoms. The van der Waals surface area contributed by atoms with Gasteiger partial charge in [0, 0.05) is 11.6 Å². The van der Waals surface area contributed by atoms with Crippen molar-refractivity contribution in [2.45, 2.75) is 40.0 Å². The van der Waals surface area contributed by atoms with Crippen molar-refractivity contribution in [3.05, 3.63) is 59.9 Å². The fraction of sp³-hybridized carbons (Fsp3) is 0.286. The van der Waals surface area contributed by atoms with Gasteiger partial charge in [-0.3, -0.25) is 4.98 Å². The van der Waals surface area contributed by atoms with E-state index >= 15 is 0 Å². The van der Waals surface area contributed by atoms with Crippen LogP contribution >= 0.6 is 0 Å². The fourth-order valence-electron chi connectivity index (χ4n) is 2.91. The summed E-state index contributed by atoms with van der Waals surface area (Å²) in [7, 11) is 0. The van der Waals surface area contributed by atoms with Gasteiger partial charge in [0.15, 0.2) is 0 Å². The summed E-state index contributed by atoms with van der Waals surface area (Å²) in [4.78, 5) is 4.57. The Hall–Kier alpha value is -2.15. The lowest BCUT2D eigenvalue weighted by atomic mass is 9.85. The lowest BCUT2D eigenvalue weighted by Crippen LogP contribution is -2.10. The number of allylic oxidation sites excluding steroid dienone is 2. The molecule has 1 aromatic heterocycles. The minimum Gasteiger partial charge on any atom is -0.256 e. The normalized spacial score (nSPS) is 13.0. The summed E-state index contributed by atoms with van der Waals surface area (Å²) in [5.74, 6) is 0. The second-order valence-electron chi connectivity index (χ2n) is 6.98. The Balaban J connectivity index is 2.33. The second kappa shape index (κ2) is 5.24. The molecule has 3 aromatic rings. The predicted molar refractivity (Wildman–Crippen MR) is 97.3 cm³/mol. The largest absolute Gasteiger partial charge is 0.256 e. The first-order chi connectivity index (χ1) is 10.4. The topological polar surface area (TPSA) is 12.9 Å². The molecule has 0 aliphatic rings. The highest BCUT2D eigenvalue weighted by Crippen LogP contribution is 2.32. The van der Waals surface area contributed by atoms with E-state index in [1.807, 2.05) is 6.20 Å². The third-order valence-electron chi connectivity index (χ3n) is 4.43. The number of hydrogen-bond acceptors (Lipinski definition) is 1. The summed E-state index contributed by atoms with van der Waals surface area (Å²) in [6, 6.07) is 13.4. The molecule has 0 bridgehead atoms. The SMILES string of the molecule is C/C=C(\C)c1nccc2c1ccc1cc(C(C)(C)C)ccc12. The van der Waals surface area contributed by atoms with E-state index in [0.29, 0.717) is 0 Å². The quantitative estimate of drug-likeness (QED) is 0.493. The number of aromatic nitrogens is 1. The molecular weight excluding hydrogens is 266 g/mol. The molecule has 2 aromatic carbocycles. The minimum absolute atomic E-state index is 0.175. The van der Waals surface area contributed by atoms with Gasteiger partial charge in [0.1, 0.15) is 0 Å². The number of pyridine rings is 1. The van der Waals surface area contributed by atoms with Crippen molar-refractivity contribution >= 4 is 27.1 Å². The van der Waals surface area contributed by atoms with Gasteiger partial charge in [0.2, 0.25) is 0 Å². The Morgan fingerprint density at radius 3 is 2.36 bits per heavy atom. The number of hydrogen-bond donors (Lipinski definition) is 0. The summed E-state index contributed by atoms with van der Waals surface area (Å²) < 4.78 is 0. The van der Waals surface area contributed by atoms with Crippen LogP contribution in [0.25, 0.3) is 27.1 Å². The van der Waals surface area contributed by atoms with Gasteiger partial charge >= 0.3 is 0 Å². The molecule has 22 heavy (non-hydrogen) atoms. The average molecular weight is 289 g/mol. The molecule has 0 unspecified atom stereocenters. The maximum absolute atomic E-state index is 4.57. The molecule has 1 heterocycles. The Morgan fingerprint density at radius 2 is 1.68 bits per heavy atom. The number of benzene rings is 2. The standard InChI is InChI=1S/C21H23N/c1-6-14(2)20-19-9-7-15-13-16(21(3,4)5)8-10-17(15)18(19)11-12-22-20/h6-13H,1-5H3/b14-6+. The van der Waals surface area contributed by atoms with Gasteiger partial charge in [-0.15, -0.1) is 0 Å². The van der Waals surface area contributed by atoms with Crippen molar-refractivity contribution in [2.75, 3.05) is 0 Å². The lowest BCUT2D eigenvalue weighted by Gasteiger charge is -2.20. The molecule has 0 saturated heterocycles. The van der Waals surface area contributed by atoms with E-state index in [1.165, 1.54) is 32.7 Å². The second-order valence-corrected chi connectivity index (χ2v) is 6.98. The third-order valence-corrected chi connectivity index (χ3v) is 4.43. The molecule has 0 saturated carbocycles. The molecule has 0 atom stereocenters. The van der Waals surface area contributed by atoms with Crippen LogP contribution in [0.15, 0.2) is 48.7 Å². The molecule has 0 fully saturated rings. The fourth-order valence-corrected chi connectivity index (χ4v) is 2.91. The first-order valence-corrected chi connectivity index (χ1v) is 7.87. The van der Waals surface area contributed by atoms with E-state index in [-0.39, 0.29) is 5.41 Å². The predicted octanol–water partition coefficient (Wildman–Crippen LogP) is 6.11. The van der Waals surface area contributed by atoms with Crippen LogP contribution in [0.4, 0.5) is 0 Å². The molecule has 0 aliphatic carbocycles. The molecule has 0 radical (unpaired) electrons. The molecular formula is C21H23N. The first kappa shape index (κ1) is 14.8. The Bertz CT molecular complexity index is 879. The highest BCUT2D eigenvalue weighted by atomic mass is 14.7. The molecule has 112 valence electrons. The van der Waals surface area contributed by atoms with Crippen LogP contribution < -0.4 is 0 Å². The van der Waals surface area contributed by atoms with Gasteiger partial charge in [-0.25, -0.2) is 0 Å². The van der Waals surface area contributed by atoms with Crippen molar-refractivity contribution in [1.82, 2.24) is 4.98 Å². The van der Waals surface area contributed by atoms with Crippen LogP contribution in [0.2, 0.25) is 0 Å². The van der Waals surface area contributed by atoms with Crippen molar-refractivity contribution in [3.8, 4) is 0 Å². The highest BCUT2D eigenvalue weighted by Gasteiger charge is 2.14. The molecule has 1 heteroatoms. The van der Waals surface area contributed by atoms with Crippen LogP contribution in [0.3, 0.4) is 0 Å². The van der Waals surface area contributed by atoms with Crippen LogP contribution in [0, 0.1) is 0 Å². The zero-order valence-electron chi connectivity index (χ0n) is 14.1. The van der Waals surface area contributed by atoms with E-state index in [9.17, 15) is 0 Å². The van der Waals surface area contributed by atoms with Crippen LogP contribution in [0.5, 0.6) is 0 Å². The Labute approximate surface area is 132 Å². The third kappa shape index (κ3) is 2.41. The first-order valence-electron chi connectivity index (χ1n) is 7.87. The van der Waals surface area contributed by atoms with E-state index in [1.54, 1.807) is 0 Å². The van der Waals surface area contributed by atoms with Crippen molar-refractivity contribution in [3.63, 3.8) is 0 Å². The average Bonchev–Trinajstić information content (AvgIpc) is 2.51. The van der Waals surface area contributed by atoms with E-state index in [4.69, 9.17) is 0 Å². The van der Waals surface area contributed by atoms with Crippen molar-refractivity contribution in [1.29, 1.82) is 0 Å². The zero-order valence-corrected chi connectivity index (χ0v) is 14.1. The van der Waals surface area contributed by atoms with Crippen LogP contribution in [-0.2, 0) is 5.41 Å². The van der Waals surface area contributed by atoms with Crippen molar-refractivity contribution in [2.24, 2.45) is 0 Å². The maximum Gasteiger partial charge on any atom is 0.0734 e. The van der Waals surface area contributed by atoms with E-state index in [2.05, 4.69) is 82.1 Å². The smallest absolute Gasteiger partial charge is 0.0734 e. The molecule has 1 nitrogen and oxygen atoms in total. The van der Waals surface area contributed by atoms with Crippen molar-refractivity contribution < 1.29 is 0 Å². The van der Waals surface area contributed by atoms with Gasteiger partial charge in [0.25, 0.3) is 0 Å². The molecule has 0 aliphatic heterocycles. The Morgan fingerprint density at radius 1 is 0.955 bits per heavy atom. The van der Waals surface area contributed by atoms with Gasteiger partial charge in [-0.2, -0.15) is 0 Å². The van der Waals surface area contributed by atoms with E-state index in [0.717, 1.165) is 5.69 Å². The molecule has 0 amide bonds. The molecule has 0 N–H and O–H groups in total. The summed E-state index contributed by atoms with van der Waals surface area (Å²) in [6.07, 6.45) is 4.04. The number of fused-ring (bicyclic) bond motifs is 3. The van der Waals surface area contributed by atoms with Gasteiger partial charge in [-0.05, 0) is 52.6 Å². The highest BCUT2D eigenvalue weighted by molar-refractivity contribution is 6.10. The summed E-state index contributed by atoms with van der Waals surface area (Å²) in [5, 5.41) is 5.12. The minimum atomic E-state index is 0.175. The van der Waals surface area contributed by atoms with Gasteiger partial charge in [-0.1, -0.05) is 57.2 Å². The summed E-state index contributed by atoms with van der Waals surface area (Å²) in [5.41, 5.74) is 3.85. The Kier molecular flexibility index (Phi) is 3.52. The maximum atomic E-state index is 4.57. The summed E-state index contributed by atoms with van der Waals surface area (Å²) in [6.45, 7) is 11.0. The van der Waals surface area contributed by atoms with Gasteiger partial charge in [0.05, 0.1) is 5.69 Å². The summed E-state index contributed by atoms with van der Waals surface area (Å²) >= 11 is 0. The van der Waals surface area contributed by atoms with Crippen LogP contribution in [0.1, 0.15) is 45.9 Å². The van der Waals surface area contributed by atoms with E-state index < -0.39 is 0 Å². The number of nitrogens with zero attached hydrogens (tertiary/aromatic N) is 1. The molecule has 3 rings (SSSR count).